The van der Waals surface area contributed by atoms with Crippen LogP contribution in [0.5, 0.6) is 0 Å². The molecule has 8 atom stereocenters. The predicted octanol–water partition coefficient (Wildman–Crippen LogP) is 5.22. The van der Waals surface area contributed by atoms with Crippen molar-refractivity contribution < 1.29 is 15.0 Å². The zero-order valence-corrected chi connectivity index (χ0v) is 22.1. The number of likely N-dealkylation sites (tertiary alicyclic amines) is 1. The van der Waals surface area contributed by atoms with E-state index < -0.39 is 5.60 Å². The summed E-state index contributed by atoms with van der Waals surface area (Å²) in [5.41, 5.74) is 0.980. The zero-order chi connectivity index (χ0) is 25.0. The highest BCUT2D eigenvalue weighted by Gasteiger charge is 2.59. The van der Waals surface area contributed by atoms with Gasteiger partial charge in [-0.05, 0) is 98.2 Å². The van der Waals surface area contributed by atoms with Crippen molar-refractivity contribution in [2.75, 3.05) is 13.1 Å². The SMILES string of the molecule is C[C@H](CCC(=O)N1CCC(O)(C#N)CC1)[C@H]1CC[C@H]2[C@@H]3CC=C4C[C@@H](O)CC[C@]4(C)[C@H]3CC[C@]12C. The molecule has 4 aliphatic carbocycles. The fourth-order valence-electron chi connectivity index (χ4n) is 9.57. The molecule has 0 aromatic heterocycles. The molecule has 5 aliphatic rings. The van der Waals surface area contributed by atoms with E-state index >= 15 is 0 Å². The smallest absolute Gasteiger partial charge is 0.222 e. The number of fused-ring (bicyclic) bond motifs is 5. The third kappa shape index (κ3) is 4.27. The first-order chi connectivity index (χ1) is 16.6. The van der Waals surface area contributed by atoms with E-state index in [0.29, 0.717) is 55.0 Å². The maximum absolute atomic E-state index is 12.9. The summed E-state index contributed by atoms with van der Waals surface area (Å²) in [7, 11) is 0. The van der Waals surface area contributed by atoms with Gasteiger partial charge in [-0.15, -0.1) is 0 Å². The van der Waals surface area contributed by atoms with Crippen molar-refractivity contribution in [2.45, 2.75) is 110 Å². The standard InChI is InChI=1S/C30H46N2O3/c1-20(4-9-27(34)32-16-14-30(35,19-31)15-17-32)24-7-8-25-23-6-5-21-18-22(33)10-12-28(21,2)26(23)11-13-29(24,25)3/h5,20,22-26,33,35H,4,6-18H2,1-3H3/t20-,22+,23+,24-,25+,26+,28+,29-/m1/s1. The minimum absolute atomic E-state index is 0.137. The Bertz CT molecular complexity index is 900. The zero-order valence-electron chi connectivity index (χ0n) is 22.1. The van der Waals surface area contributed by atoms with E-state index in [1.54, 1.807) is 5.57 Å². The Labute approximate surface area is 212 Å². The maximum Gasteiger partial charge on any atom is 0.222 e. The van der Waals surface area contributed by atoms with Crippen molar-refractivity contribution in [3.8, 4) is 6.07 Å². The van der Waals surface area contributed by atoms with Crippen LogP contribution in [0, 0.1) is 51.8 Å². The number of aliphatic hydroxyl groups is 2. The molecule has 194 valence electrons. The Morgan fingerprint density at radius 3 is 2.60 bits per heavy atom. The van der Waals surface area contributed by atoms with E-state index in [1.165, 1.54) is 32.1 Å². The van der Waals surface area contributed by atoms with Gasteiger partial charge in [-0.2, -0.15) is 5.26 Å². The number of carbonyl (C=O) groups excluding carboxylic acids is 1. The molecule has 5 rings (SSSR count). The minimum Gasteiger partial charge on any atom is -0.393 e. The molecule has 1 heterocycles. The third-order valence-electron chi connectivity index (χ3n) is 11.8. The lowest BCUT2D eigenvalue weighted by atomic mass is 9.47. The molecule has 1 aliphatic heterocycles. The van der Waals surface area contributed by atoms with Crippen LogP contribution in [0.2, 0.25) is 0 Å². The number of nitriles is 1. The van der Waals surface area contributed by atoms with Crippen molar-refractivity contribution >= 4 is 5.91 Å². The first kappa shape index (κ1) is 25.3. The summed E-state index contributed by atoms with van der Waals surface area (Å²) < 4.78 is 0. The second-order valence-electron chi connectivity index (χ2n) is 13.4. The maximum atomic E-state index is 12.9. The van der Waals surface area contributed by atoms with Crippen LogP contribution in [0.1, 0.15) is 97.8 Å². The lowest BCUT2D eigenvalue weighted by Gasteiger charge is -2.58. The van der Waals surface area contributed by atoms with Gasteiger partial charge in [-0.1, -0.05) is 32.4 Å². The van der Waals surface area contributed by atoms with Crippen molar-refractivity contribution in [2.24, 2.45) is 40.4 Å². The Morgan fingerprint density at radius 1 is 1.14 bits per heavy atom. The van der Waals surface area contributed by atoms with Gasteiger partial charge in [-0.3, -0.25) is 4.79 Å². The Morgan fingerprint density at radius 2 is 1.89 bits per heavy atom. The van der Waals surface area contributed by atoms with Crippen molar-refractivity contribution in [3.63, 3.8) is 0 Å². The van der Waals surface area contributed by atoms with Gasteiger partial charge in [0.05, 0.1) is 12.2 Å². The van der Waals surface area contributed by atoms with E-state index in [9.17, 15) is 15.0 Å². The number of aliphatic hydroxyl groups excluding tert-OH is 1. The Balaban J connectivity index is 1.21. The number of carbonyl (C=O) groups is 1. The van der Waals surface area contributed by atoms with E-state index in [2.05, 4.69) is 26.8 Å². The van der Waals surface area contributed by atoms with Crippen LogP contribution in [-0.4, -0.2) is 45.8 Å². The van der Waals surface area contributed by atoms with Crippen LogP contribution in [0.15, 0.2) is 11.6 Å². The summed E-state index contributed by atoms with van der Waals surface area (Å²) in [6.07, 6.45) is 14.1. The quantitative estimate of drug-likeness (QED) is 0.425. The Hall–Kier alpha value is -1.38. The number of rotatable bonds is 4. The molecule has 0 bridgehead atoms. The normalized spacial score (nSPS) is 43.3. The first-order valence-corrected chi connectivity index (χ1v) is 14.4. The summed E-state index contributed by atoms with van der Waals surface area (Å²) >= 11 is 0. The number of hydrogen-bond donors (Lipinski definition) is 2. The van der Waals surface area contributed by atoms with Gasteiger partial charge in [0.2, 0.25) is 5.91 Å². The average molecular weight is 483 g/mol. The molecular formula is C30H46N2O3. The molecule has 1 saturated heterocycles. The highest BCUT2D eigenvalue weighted by Crippen LogP contribution is 2.67. The van der Waals surface area contributed by atoms with Gasteiger partial charge in [-0.25, -0.2) is 0 Å². The number of amides is 1. The molecule has 2 N–H and O–H groups in total. The Kier molecular flexibility index (Phi) is 6.63. The lowest BCUT2D eigenvalue weighted by Crippen LogP contribution is -2.50. The number of hydrogen-bond acceptors (Lipinski definition) is 4. The highest BCUT2D eigenvalue weighted by molar-refractivity contribution is 5.76. The molecule has 35 heavy (non-hydrogen) atoms. The molecule has 3 saturated carbocycles. The molecule has 0 aromatic carbocycles. The molecule has 0 spiro atoms. The summed E-state index contributed by atoms with van der Waals surface area (Å²) in [4.78, 5) is 14.8. The third-order valence-corrected chi connectivity index (χ3v) is 11.8. The molecule has 4 fully saturated rings. The summed E-state index contributed by atoms with van der Waals surface area (Å²) in [5.74, 6) is 3.77. The first-order valence-electron chi connectivity index (χ1n) is 14.4. The van der Waals surface area contributed by atoms with Crippen LogP contribution in [0.3, 0.4) is 0 Å². The fourth-order valence-corrected chi connectivity index (χ4v) is 9.57. The largest absolute Gasteiger partial charge is 0.393 e. The minimum atomic E-state index is -1.25. The molecule has 0 unspecified atom stereocenters. The molecule has 1 amide bonds. The second-order valence-corrected chi connectivity index (χ2v) is 13.4. The predicted molar refractivity (Wildman–Crippen MR) is 136 cm³/mol. The van der Waals surface area contributed by atoms with E-state index in [0.717, 1.165) is 43.4 Å². The van der Waals surface area contributed by atoms with Gasteiger partial charge in [0.15, 0.2) is 5.60 Å². The average Bonchev–Trinajstić information content (AvgIpc) is 3.20. The molecule has 0 radical (unpaired) electrons. The number of piperidine rings is 1. The van der Waals surface area contributed by atoms with E-state index in [4.69, 9.17) is 5.26 Å². The molecule has 5 heteroatoms. The van der Waals surface area contributed by atoms with Crippen molar-refractivity contribution in [1.82, 2.24) is 4.90 Å². The topological polar surface area (TPSA) is 84.6 Å². The van der Waals surface area contributed by atoms with Crippen LogP contribution in [0.25, 0.3) is 0 Å². The van der Waals surface area contributed by atoms with Gasteiger partial charge in [0.1, 0.15) is 0 Å². The summed E-state index contributed by atoms with van der Waals surface area (Å²) in [6.45, 7) is 8.45. The van der Waals surface area contributed by atoms with E-state index in [1.807, 2.05) is 11.0 Å². The van der Waals surface area contributed by atoms with Gasteiger partial charge in [0.25, 0.3) is 0 Å². The molecule has 0 aromatic rings. The van der Waals surface area contributed by atoms with Gasteiger partial charge in [0, 0.05) is 32.4 Å². The van der Waals surface area contributed by atoms with Gasteiger partial charge < -0.3 is 15.1 Å². The molecular weight excluding hydrogens is 436 g/mol. The monoisotopic (exact) mass is 482 g/mol. The molecule has 5 nitrogen and oxygen atoms in total. The number of allylic oxidation sites excluding steroid dienone is 1. The van der Waals surface area contributed by atoms with Crippen molar-refractivity contribution in [1.29, 1.82) is 5.26 Å². The lowest BCUT2D eigenvalue weighted by molar-refractivity contribution is -0.134. The van der Waals surface area contributed by atoms with Crippen LogP contribution < -0.4 is 0 Å². The summed E-state index contributed by atoms with van der Waals surface area (Å²) in [5, 5.41) is 29.5. The van der Waals surface area contributed by atoms with E-state index in [-0.39, 0.29) is 12.0 Å². The van der Waals surface area contributed by atoms with Crippen molar-refractivity contribution in [3.05, 3.63) is 11.6 Å². The highest BCUT2D eigenvalue weighted by atomic mass is 16.3. The van der Waals surface area contributed by atoms with Crippen LogP contribution in [-0.2, 0) is 4.79 Å². The van der Waals surface area contributed by atoms with Crippen LogP contribution >= 0.6 is 0 Å². The van der Waals surface area contributed by atoms with Crippen LogP contribution in [0.4, 0.5) is 0 Å². The van der Waals surface area contributed by atoms with Gasteiger partial charge >= 0.3 is 0 Å². The number of nitrogens with zero attached hydrogens (tertiary/aromatic N) is 2. The summed E-state index contributed by atoms with van der Waals surface area (Å²) in [6, 6.07) is 2.00. The fraction of sp³-hybridized carbons (Fsp3) is 0.867. The second kappa shape index (κ2) is 9.18.